The van der Waals surface area contributed by atoms with Gasteiger partial charge in [-0.1, -0.05) is 60.7 Å². The van der Waals surface area contributed by atoms with Crippen molar-refractivity contribution in [3.05, 3.63) is 78.9 Å². The molecule has 0 aliphatic carbocycles. The van der Waals surface area contributed by atoms with Crippen molar-refractivity contribution in [2.24, 2.45) is 0 Å². The van der Waals surface area contributed by atoms with Gasteiger partial charge in [-0.3, -0.25) is 0 Å². The molecule has 0 spiro atoms. The zero-order chi connectivity index (χ0) is 19.2. The van der Waals surface area contributed by atoms with Crippen LogP contribution in [-0.4, -0.2) is 31.4 Å². The minimum absolute atomic E-state index is 0.385. The van der Waals surface area contributed by atoms with Crippen molar-refractivity contribution in [2.75, 3.05) is 14.2 Å². The summed E-state index contributed by atoms with van der Waals surface area (Å²) in [6, 6.07) is 25.5. The molecule has 0 aliphatic heterocycles. The molecule has 4 rings (SSSR count). The maximum atomic E-state index is 9.17. The second kappa shape index (κ2) is 8.58. The van der Waals surface area contributed by atoms with Crippen LogP contribution in [0.1, 0.15) is 0 Å². The average molecular weight is 360 g/mol. The topological polar surface area (TPSA) is 58.9 Å². The van der Waals surface area contributed by atoms with Crippen LogP contribution in [0.15, 0.2) is 78.9 Å². The Morgan fingerprint density at radius 1 is 0.630 bits per heavy atom. The Kier molecular flexibility index (Phi) is 5.96. The summed E-state index contributed by atoms with van der Waals surface area (Å²) in [6.45, 7) is 0. The molecule has 0 saturated carbocycles. The zero-order valence-corrected chi connectivity index (χ0v) is 15.3. The van der Waals surface area contributed by atoms with E-state index in [1.807, 2.05) is 48.5 Å². The Morgan fingerprint density at radius 2 is 1.19 bits per heavy atom. The van der Waals surface area contributed by atoms with Crippen molar-refractivity contribution in [1.82, 2.24) is 0 Å². The molecule has 4 aromatic rings. The van der Waals surface area contributed by atoms with Crippen molar-refractivity contribution in [2.45, 2.75) is 0 Å². The molecule has 2 N–H and O–H groups in total. The van der Waals surface area contributed by atoms with Crippen molar-refractivity contribution >= 4 is 34.1 Å². The van der Waals surface area contributed by atoms with Gasteiger partial charge in [0.15, 0.2) is 0 Å². The molecule has 5 heteroatoms. The van der Waals surface area contributed by atoms with Crippen molar-refractivity contribution in [3.8, 4) is 11.5 Å². The Labute approximate surface area is 158 Å². The first-order chi connectivity index (χ1) is 13.1. The van der Waals surface area contributed by atoms with Crippen LogP contribution in [0, 0.1) is 0 Å². The molecule has 0 heterocycles. The van der Waals surface area contributed by atoms with E-state index >= 15 is 0 Å². The minimum atomic E-state index is -1.51. The average Bonchev–Trinajstić information content (AvgIpc) is 2.72. The molecule has 0 radical (unpaired) electrons. The molecule has 0 amide bonds. The zero-order valence-electron chi connectivity index (χ0n) is 15.3. The van der Waals surface area contributed by atoms with E-state index in [1.165, 1.54) is 17.9 Å². The molecular weight excluding hydrogens is 339 g/mol. The number of hydrogen-bond donors (Lipinski definition) is 2. The van der Waals surface area contributed by atoms with Crippen LogP contribution in [0.3, 0.4) is 0 Å². The molecule has 4 nitrogen and oxygen atoms in total. The molecular formula is C22H21BO4. The van der Waals surface area contributed by atoms with E-state index in [1.54, 1.807) is 19.2 Å². The Bertz CT molecular complexity index is 1050. The lowest BCUT2D eigenvalue weighted by atomic mass is 9.78. The molecule has 0 bridgehead atoms. The summed E-state index contributed by atoms with van der Waals surface area (Å²) in [5.41, 5.74) is 0.385. The van der Waals surface area contributed by atoms with Gasteiger partial charge in [-0.05, 0) is 39.7 Å². The third-order valence-corrected chi connectivity index (χ3v) is 4.33. The normalized spacial score (nSPS) is 10.2. The van der Waals surface area contributed by atoms with Gasteiger partial charge in [-0.2, -0.15) is 0 Å². The molecule has 0 atom stereocenters. The SMILES string of the molecule is COc1cc2ccccc2cc1B(O)O.COc1ccc2ccccc2c1. The third-order valence-electron chi connectivity index (χ3n) is 4.33. The van der Waals surface area contributed by atoms with Crippen LogP contribution < -0.4 is 14.9 Å². The first-order valence-electron chi connectivity index (χ1n) is 8.58. The second-order valence-electron chi connectivity index (χ2n) is 6.03. The number of rotatable bonds is 3. The van der Waals surface area contributed by atoms with Crippen molar-refractivity contribution in [1.29, 1.82) is 0 Å². The van der Waals surface area contributed by atoms with Gasteiger partial charge in [0.2, 0.25) is 0 Å². The van der Waals surface area contributed by atoms with Crippen LogP contribution in [0.25, 0.3) is 21.5 Å². The highest BCUT2D eigenvalue weighted by Gasteiger charge is 2.17. The predicted octanol–water partition coefficient (Wildman–Crippen LogP) is 3.38. The van der Waals surface area contributed by atoms with E-state index in [-0.39, 0.29) is 0 Å². The summed E-state index contributed by atoms with van der Waals surface area (Å²) in [4.78, 5) is 0. The summed E-state index contributed by atoms with van der Waals surface area (Å²) in [7, 11) is 1.68. The second-order valence-corrected chi connectivity index (χ2v) is 6.03. The number of fused-ring (bicyclic) bond motifs is 2. The molecule has 0 unspecified atom stereocenters. The molecule has 27 heavy (non-hydrogen) atoms. The van der Waals surface area contributed by atoms with Crippen molar-refractivity contribution in [3.63, 3.8) is 0 Å². The molecule has 136 valence electrons. The summed E-state index contributed by atoms with van der Waals surface area (Å²) in [5.74, 6) is 1.40. The van der Waals surface area contributed by atoms with Crippen LogP contribution in [-0.2, 0) is 0 Å². The van der Waals surface area contributed by atoms with Crippen LogP contribution >= 0.6 is 0 Å². The standard InChI is InChI=1S/C11H11BO3.C11H10O/c1-15-11-7-9-5-3-2-4-8(9)6-10(11)12(13)14;1-12-11-7-6-9-4-2-3-5-10(9)8-11/h2-7,13-14H,1H3;2-8H,1H3. The fourth-order valence-electron chi connectivity index (χ4n) is 2.91. The van der Waals surface area contributed by atoms with Gasteiger partial charge in [-0.25, -0.2) is 0 Å². The predicted molar refractivity (Wildman–Crippen MR) is 111 cm³/mol. The minimum Gasteiger partial charge on any atom is -0.497 e. The van der Waals surface area contributed by atoms with E-state index in [4.69, 9.17) is 9.47 Å². The van der Waals surface area contributed by atoms with E-state index in [0.29, 0.717) is 11.2 Å². The quantitative estimate of drug-likeness (QED) is 0.550. The number of benzene rings is 4. The summed E-state index contributed by atoms with van der Waals surface area (Å²) in [6.07, 6.45) is 0. The van der Waals surface area contributed by atoms with Gasteiger partial charge in [0, 0.05) is 5.46 Å². The lowest BCUT2D eigenvalue weighted by molar-refractivity contribution is 0.403. The highest BCUT2D eigenvalue weighted by molar-refractivity contribution is 6.60. The largest absolute Gasteiger partial charge is 0.497 e. The third kappa shape index (κ3) is 4.40. The highest BCUT2D eigenvalue weighted by Crippen LogP contribution is 2.20. The van der Waals surface area contributed by atoms with E-state index in [9.17, 15) is 10.0 Å². The van der Waals surface area contributed by atoms with Crippen LogP contribution in [0.4, 0.5) is 0 Å². The lowest BCUT2D eigenvalue weighted by Crippen LogP contribution is -2.31. The molecule has 0 aliphatic rings. The molecule has 0 fully saturated rings. The number of methoxy groups -OCH3 is 2. The maximum Gasteiger partial charge on any atom is 0.492 e. The highest BCUT2D eigenvalue weighted by atomic mass is 16.5. The van der Waals surface area contributed by atoms with Gasteiger partial charge >= 0.3 is 7.12 Å². The van der Waals surface area contributed by atoms with E-state index in [2.05, 4.69) is 18.2 Å². The van der Waals surface area contributed by atoms with Crippen LogP contribution in [0.2, 0.25) is 0 Å². The summed E-state index contributed by atoms with van der Waals surface area (Å²) >= 11 is 0. The number of hydrogen-bond acceptors (Lipinski definition) is 4. The molecule has 4 aromatic carbocycles. The van der Waals surface area contributed by atoms with Crippen molar-refractivity contribution < 1.29 is 19.5 Å². The Balaban J connectivity index is 0.000000159. The lowest BCUT2D eigenvalue weighted by Gasteiger charge is -2.09. The van der Waals surface area contributed by atoms with Crippen LogP contribution in [0.5, 0.6) is 11.5 Å². The van der Waals surface area contributed by atoms with Gasteiger partial charge in [-0.15, -0.1) is 0 Å². The molecule has 0 aromatic heterocycles. The smallest absolute Gasteiger partial charge is 0.492 e. The Hall–Kier alpha value is -3.02. The number of ether oxygens (including phenoxy) is 2. The monoisotopic (exact) mass is 360 g/mol. The summed E-state index contributed by atoms with van der Waals surface area (Å²) < 4.78 is 10.2. The fraction of sp³-hybridized carbons (Fsp3) is 0.0909. The molecule has 0 saturated heterocycles. The van der Waals surface area contributed by atoms with Gasteiger partial charge in [0.05, 0.1) is 14.2 Å². The Morgan fingerprint density at radius 3 is 1.74 bits per heavy atom. The first kappa shape index (κ1) is 18.8. The maximum absolute atomic E-state index is 9.17. The van der Waals surface area contributed by atoms with E-state index in [0.717, 1.165) is 16.5 Å². The van der Waals surface area contributed by atoms with Gasteiger partial charge in [0.1, 0.15) is 11.5 Å². The fourth-order valence-corrected chi connectivity index (χ4v) is 2.91. The van der Waals surface area contributed by atoms with Gasteiger partial charge in [0.25, 0.3) is 0 Å². The van der Waals surface area contributed by atoms with E-state index < -0.39 is 7.12 Å². The first-order valence-corrected chi connectivity index (χ1v) is 8.58. The van der Waals surface area contributed by atoms with Gasteiger partial charge < -0.3 is 19.5 Å². The summed E-state index contributed by atoms with van der Waals surface area (Å²) in [5, 5.41) is 22.8.